The Morgan fingerprint density at radius 1 is 1.23 bits per heavy atom. The van der Waals surface area contributed by atoms with E-state index in [4.69, 9.17) is 15.5 Å². The van der Waals surface area contributed by atoms with Crippen molar-refractivity contribution in [2.75, 3.05) is 70.4 Å². The lowest BCUT2D eigenvalue weighted by atomic mass is 9.90. The third kappa shape index (κ3) is 10.7. The predicted octanol–water partition coefficient (Wildman–Crippen LogP) is 4.65. The van der Waals surface area contributed by atoms with Gasteiger partial charge in [-0.3, -0.25) is 4.99 Å². The van der Waals surface area contributed by atoms with Gasteiger partial charge in [0, 0.05) is 69.4 Å². The molecular formula is C33H52FN7O2. The number of aliphatic hydroxyl groups is 1. The van der Waals surface area contributed by atoms with Gasteiger partial charge >= 0.3 is 0 Å². The van der Waals surface area contributed by atoms with E-state index in [1.54, 1.807) is 26.3 Å². The molecule has 43 heavy (non-hydrogen) atoms. The number of anilines is 2. The number of benzene rings is 1. The first-order chi connectivity index (χ1) is 20.7. The van der Waals surface area contributed by atoms with Crippen molar-refractivity contribution in [3.63, 3.8) is 0 Å². The van der Waals surface area contributed by atoms with E-state index in [1.807, 2.05) is 19.9 Å². The fourth-order valence-corrected chi connectivity index (χ4v) is 5.11. The van der Waals surface area contributed by atoms with Crippen LogP contribution in [-0.4, -0.2) is 94.4 Å². The number of piperazine rings is 1. The van der Waals surface area contributed by atoms with Gasteiger partial charge in [0.25, 0.3) is 0 Å². The molecule has 4 rings (SSSR count). The molecule has 3 aliphatic rings. The van der Waals surface area contributed by atoms with Crippen molar-refractivity contribution < 1.29 is 14.2 Å². The minimum Gasteiger partial charge on any atom is -0.385 e. The van der Waals surface area contributed by atoms with Gasteiger partial charge < -0.3 is 36.0 Å². The second kappa shape index (κ2) is 18.4. The summed E-state index contributed by atoms with van der Waals surface area (Å²) in [6.45, 7) is 18.0. The van der Waals surface area contributed by atoms with Crippen LogP contribution in [0.15, 0.2) is 81.7 Å². The number of nitrogens with one attached hydrogen (secondary N) is 2. The van der Waals surface area contributed by atoms with Gasteiger partial charge in [-0.2, -0.15) is 0 Å². The van der Waals surface area contributed by atoms with Crippen molar-refractivity contribution >= 4 is 23.9 Å². The number of aliphatic imine (C=N–C) groups is 2. The molecule has 2 unspecified atom stereocenters. The van der Waals surface area contributed by atoms with Crippen molar-refractivity contribution in [2.24, 2.45) is 15.7 Å². The summed E-state index contributed by atoms with van der Waals surface area (Å²) in [5.74, 6) is 0.372. The maximum Gasteiger partial charge on any atom is 0.130 e. The summed E-state index contributed by atoms with van der Waals surface area (Å²) in [4.78, 5) is 13.4. The molecule has 0 bridgehead atoms. The summed E-state index contributed by atoms with van der Waals surface area (Å²) in [6.07, 6.45) is 6.47. The molecule has 1 aliphatic heterocycles. The van der Waals surface area contributed by atoms with Crippen molar-refractivity contribution in [3.8, 4) is 0 Å². The van der Waals surface area contributed by atoms with E-state index in [0.29, 0.717) is 48.6 Å². The van der Waals surface area contributed by atoms with Crippen molar-refractivity contribution in [3.05, 3.63) is 71.7 Å². The number of halogens is 1. The molecule has 238 valence electrons. The van der Waals surface area contributed by atoms with Crippen LogP contribution in [0.5, 0.6) is 0 Å². The minimum absolute atomic E-state index is 0.176. The Bertz CT molecular complexity index is 1150. The first kappa shape index (κ1) is 35.9. The summed E-state index contributed by atoms with van der Waals surface area (Å²) in [5.41, 5.74) is 8.09. The van der Waals surface area contributed by atoms with E-state index in [0.717, 1.165) is 31.9 Å². The number of nitrogens with zero attached hydrogens (tertiary/aromatic N) is 4. The third-order valence-electron chi connectivity index (χ3n) is 7.46. The second-order valence-electron chi connectivity index (χ2n) is 10.7. The highest BCUT2D eigenvalue weighted by atomic mass is 19.1. The highest BCUT2D eigenvalue weighted by Gasteiger charge is 2.39. The summed E-state index contributed by atoms with van der Waals surface area (Å²) in [6, 6.07) is 8.02. The minimum atomic E-state index is -1.02. The van der Waals surface area contributed by atoms with E-state index in [9.17, 15) is 9.50 Å². The lowest BCUT2D eigenvalue weighted by Crippen LogP contribution is -2.44. The van der Waals surface area contributed by atoms with Crippen molar-refractivity contribution in [2.45, 2.75) is 51.7 Å². The molecular weight excluding hydrogens is 545 g/mol. The van der Waals surface area contributed by atoms with E-state index >= 15 is 0 Å². The number of ether oxygens (including phenoxy) is 1. The maximum absolute atomic E-state index is 14.9. The first-order valence-corrected chi connectivity index (χ1v) is 15.1. The second-order valence-corrected chi connectivity index (χ2v) is 10.7. The smallest absolute Gasteiger partial charge is 0.130 e. The topological polar surface area (TPSA) is 111 Å². The molecule has 2 atom stereocenters. The number of hydrogen-bond donors (Lipinski definition) is 4. The molecule has 10 heteroatoms. The zero-order valence-corrected chi connectivity index (χ0v) is 26.7. The lowest BCUT2D eigenvalue weighted by Gasteiger charge is -2.34. The Labute approximate surface area is 257 Å². The van der Waals surface area contributed by atoms with Gasteiger partial charge in [0.15, 0.2) is 0 Å². The molecule has 0 radical (unpaired) electrons. The van der Waals surface area contributed by atoms with Gasteiger partial charge in [0.2, 0.25) is 0 Å². The van der Waals surface area contributed by atoms with Crippen molar-refractivity contribution in [1.29, 1.82) is 0 Å². The van der Waals surface area contributed by atoms with Gasteiger partial charge in [0.1, 0.15) is 18.3 Å². The van der Waals surface area contributed by atoms with Crippen LogP contribution in [0.1, 0.15) is 40.0 Å². The van der Waals surface area contributed by atoms with Crippen LogP contribution in [0.25, 0.3) is 0 Å². The average Bonchev–Trinajstić information content (AvgIpc) is 3.33. The quantitative estimate of drug-likeness (QED) is 0.177. The fourth-order valence-electron chi connectivity index (χ4n) is 5.11. The van der Waals surface area contributed by atoms with Gasteiger partial charge in [-0.15, -0.1) is 6.58 Å². The molecule has 9 nitrogen and oxygen atoms in total. The fraction of sp³-hybridized carbons (Fsp3) is 0.515. The molecule has 1 aromatic rings. The molecule has 1 aromatic carbocycles. The van der Waals surface area contributed by atoms with Crippen LogP contribution in [0.3, 0.4) is 0 Å². The van der Waals surface area contributed by atoms with Crippen LogP contribution in [-0.2, 0) is 4.74 Å². The largest absolute Gasteiger partial charge is 0.385 e. The third-order valence-corrected chi connectivity index (χ3v) is 7.46. The molecule has 2 fully saturated rings. The van der Waals surface area contributed by atoms with Gasteiger partial charge in [-0.1, -0.05) is 26.0 Å². The summed E-state index contributed by atoms with van der Waals surface area (Å²) < 4.78 is 20.2. The Balaban J connectivity index is 0.000000993. The zero-order chi connectivity index (χ0) is 31.8. The molecule has 0 aromatic heterocycles. The SMILES string of the molecule is C=CCN.C=N/C=C(COC)\C(=N/CNc1ccc(N2CCN(C)CC2)cc1)NC1C=C2C(=C(F)C1)CCC2(C)O.CC. The average molecular weight is 598 g/mol. The zero-order valence-electron chi connectivity index (χ0n) is 26.7. The van der Waals surface area contributed by atoms with Gasteiger partial charge in [-0.05, 0) is 68.9 Å². The Kier molecular flexibility index (Phi) is 15.3. The lowest BCUT2D eigenvalue weighted by molar-refractivity contribution is 0.106. The van der Waals surface area contributed by atoms with Crippen LogP contribution < -0.4 is 21.3 Å². The molecule has 1 heterocycles. The van der Waals surface area contributed by atoms with Gasteiger partial charge in [0.05, 0.1) is 18.2 Å². The number of amidine groups is 1. The number of fused-ring (bicyclic) bond motifs is 1. The highest BCUT2D eigenvalue weighted by Crippen LogP contribution is 2.44. The van der Waals surface area contributed by atoms with Crippen LogP contribution in [0, 0.1) is 0 Å². The van der Waals surface area contributed by atoms with Crippen molar-refractivity contribution in [1.82, 2.24) is 10.2 Å². The van der Waals surface area contributed by atoms with Gasteiger partial charge in [-0.25, -0.2) is 9.38 Å². The molecule has 2 aliphatic carbocycles. The molecule has 1 saturated carbocycles. The summed E-state index contributed by atoms with van der Waals surface area (Å²) >= 11 is 0. The predicted molar refractivity (Wildman–Crippen MR) is 180 cm³/mol. The van der Waals surface area contributed by atoms with E-state index < -0.39 is 5.60 Å². The maximum atomic E-state index is 14.9. The number of nitrogens with two attached hydrogens (primary N) is 1. The highest BCUT2D eigenvalue weighted by molar-refractivity contribution is 5.99. The summed E-state index contributed by atoms with van der Waals surface area (Å²) in [7, 11) is 3.75. The van der Waals surface area contributed by atoms with E-state index in [1.165, 1.54) is 5.69 Å². The molecule has 1 saturated heterocycles. The number of hydrogen-bond acceptors (Lipinski definition) is 8. The van der Waals surface area contributed by atoms with Crippen LogP contribution >= 0.6 is 0 Å². The number of methoxy groups -OCH3 is 1. The number of rotatable bonds is 10. The Hall–Kier alpha value is -3.31. The van der Waals surface area contributed by atoms with Crippen LogP contribution in [0.4, 0.5) is 15.8 Å². The Morgan fingerprint density at radius 2 is 1.88 bits per heavy atom. The Morgan fingerprint density at radius 3 is 2.47 bits per heavy atom. The molecule has 5 N–H and O–H groups in total. The summed E-state index contributed by atoms with van der Waals surface area (Å²) in [5, 5.41) is 17.4. The first-order valence-electron chi connectivity index (χ1n) is 15.1. The normalized spacial score (nSPS) is 22.4. The van der Waals surface area contributed by atoms with E-state index in [-0.39, 0.29) is 24.9 Å². The standard InChI is InChI=1S/C28H39FN6O2.C3H7N.C2H6/c1-28(36)10-9-24-25(28)15-22(16-26(24)29)33-27(20(17-30-2)18-37-4)32-19-31-21-5-7-23(8-6-21)35-13-11-34(3)12-14-35;1-2-3-4;1-2/h5-8,15,17,22,31,36H,2,9-14,16,18-19H2,1,3-4H3,(H,32,33);2H,1,3-4H2;1-2H3/b20-17-;;. The molecule has 0 amide bonds. The number of likely N-dealkylation sites (N-methyl/N-ethyl adjacent to an activating group) is 1. The van der Waals surface area contributed by atoms with Crippen LogP contribution in [0.2, 0.25) is 0 Å². The monoisotopic (exact) mass is 597 g/mol. The molecule has 0 spiro atoms. The van der Waals surface area contributed by atoms with E-state index in [2.05, 4.69) is 70.0 Å².